The Morgan fingerprint density at radius 2 is 2.39 bits per heavy atom. The van der Waals surface area contributed by atoms with Crippen molar-refractivity contribution in [2.75, 3.05) is 11.4 Å². The smallest absolute Gasteiger partial charge is 0.305 e. The second kappa shape index (κ2) is 5.28. The van der Waals surface area contributed by atoms with Gasteiger partial charge in [-0.25, -0.2) is 0 Å². The molecule has 1 unspecified atom stereocenters. The van der Waals surface area contributed by atoms with E-state index in [1.807, 2.05) is 4.90 Å². The predicted molar refractivity (Wildman–Crippen MR) is 68.8 cm³/mol. The van der Waals surface area contributed by atoms with Crippen molar-refractivity contribution in [2.45, 2.75) is 25.3 Å². The van der Waals surface area contributed by atoms with Crippen LogP contribution in [0.2, 0.25) is 5.02 Å². The molecule has 0 aliphatic carbocycles. The van der Waals surface area contributed by atoms with Crippen molar-refractivity contribution < 1.29 is 9.90 Å². The number of nitriles is 1. The normalized spacial score (nSPS) is 18.7. The van der Waals surface area contributed by atoms with Crippen LogP contribution in [0.1, 0.15) is 24.8 Å². The number of hydrogen-bond donors (Lipinski definition) is 1. The summed E-state index contributed by atoms with van der Waals surface area (Å²) in [7, 11) is 0. The molecule has 0 amide bonds. The number of halogens is 1. The number of rotatable bonds is 3. The van der Waals surface area contributed by atoms with E-state index >= 15 is 0 Å². The van der Waals surface area contributed by atoms with E-state index < -0.39 is 5.97 Å². The first-order valence-electron chi connectivity index (χ1n) is 5.80. The Bertz CT molecular complexity index is 510. The molecule has 1 aromatic rings. The van der Waals surface area contributed by atoms with E-state index in [4.69, 9.17) is 22.0 Å². The van der Waals surface area contributed by atoms with Crippen molar-refractivity contribution in [1.29, 1.82) is 5.26 Å². The molecule has 94 valence electrons. The van der Waals surface area contributed by atoms with Gasteiger partial charge < -0.3 is 10.0 Å². The summed E-state index contributed by atoms with van der Waals surface area (Å²) in [5.74, 6) is -0.806. The van der Waals surface area contributed by atoms with Crippen LogP contribution in [0.3, 0.4) is 0 Å². The molecular weight excluding hydrogens is 252 g/mol. The van der Waals surface area contributed by atoms with Crippen LogP contribution >= 0.6 is 11.6 Å². The van der Waals surface area contributed by atoms with E-state index in [0.717, 1.165) is 25.1 Å². The fourth-order valence-corrected chi connectivity index (χ4v) is 2.59. The number of carbonyl (C=O) groups is 1. The minimum atomic E-state index is -0.806. The molecule has 0 saturated carbocycles. The minimum Gasteiger partial charge on any atom is -0.481 e. The predicted octanol–water partition coefficient (Wildman–Crippen LogP) is 2.66. The Labute approximate surface area is 110 Å². The lowest BCUT2D eigenvalue weighted by Crippen LogP contribution is -2.31. The maximum atomic E-state index is 10.8. The molecule has 1 aliphatic heterocycles. The van der Waals surface area contributed by atoms with Crippen LogP contribution in [0.15, 0.2) is 18.2 Å². The molecule has 1 aliphatic rings. The molecule has 0 spiro atoms. The molecule has 18 heavy (non-hydrogen) atoms. The molecule has 1 aromatic carbocycles. The zero-order valence-electron chi connectivity index (χ0n) is 9.77. The Hall–Kier alpha value is -1.73. The Balaban J connectivity index is 2.30. The standard InChI is InChI=1S/C13H13ClN2O2/c14-10-3-4-12(9(6-10)8-15)16-5-1-2-11(16)7-13(17)18/h3-4,6,11H,1-2,5,7H2,(H,17,18). The first kappa shape index (κ1) is 12.7. The van der Waals surface area contributed by atoms with Crippen molar-refractivity contribution in [1.82, 2.24) is 0 Å². The average molecular weight is 265 g/mol. The lowest BCUT2D eigenvalue weighted by atomic mass is 10.1. The molecule has 1 N–H and O–H groups in total. The van der Waals surface area contributed by atoms with Gasteiger partial charge in [-0.2, -0.15) is 5.26 Å². The molecule has 0 bridgehead atoms. The molecule has 1 heterocycles. The van der Waals surface area contributed by atoms with Crippen molar-refractivity contribution in [3.63, 3.8) is 0 Å². The van der Waals surface area contributed by atoms with Crippen molar-refractivity contribution in [3.05, 3.63) is 28.8 Å². The summed E-state index contributed by atoms with van der Waals surface area (Å²) in [6, 6.07) is 7.22. The van der Waals surface area contributed by atoms with Crippen molar-refractivity contribution >= 4 is 23.3 Å². The van der Waals surface area contributed by atoms with Gasteiger partial charge in [0.2, 0.25) is 0 Å². The van der Waals surface area contributed by atoms with E-state index in [1.54, 1.807) is 18.2 Å². The molecule has 0 radical (unpaired) electrons. The SMILES string of the molecule is N#Cc1cc(Cl)ccc1N1CCCC1CC(=O)O. The fraction of sp³-hybridized carbons (Fsp3) is 0.385. The lowest BCUT2D eigenvalue weighted by molar-refractivity contribution is -0.137. The highest BCUT2D eigenvalue weighted by molar-refractivity contribution is 6.30. The van der Waals surface area contributed by atoms with Gasteiger partial charge in [-0.3, -0.25) is 4.79 Å². The van der Waals surface area contributed by atoms with Gasteiger partial charge in [0, 0.05) is 17.6 Å². The third-order valence-electron chi connectivity index (χ3n) is 3.18. The zero-order valence-corrected chi connectivity index (χ0v) is 10.5. The van der Waals surface area contributed by atoms with Gasteiger partial charge >= 0.3 is 5.97 Å². The molecule has 1 saturated heterocycles. The Kier molecular flexibility index (Phi) is 3.73. The summed E-state index contributed by atoms with van der Waals surface area (Å²) in [6.07, 6.45) is 1.90. The summed E-state index contributed by atoms with van der Waals surface area (Å²) < 4.78 is 0. The van der Waals surface area contributed by atoms with Gasteiger partial charge in [0.05, 0.1) is 17.7 Å². The maximum Gasteiger partial charge on any atom is 0.305 e. The Morgan fingerprint density at radius 3 is 3.06 bits per heavy atom. The summed E-state index contributed by atoms with van der Waals surface area (Å²) in [5.41, 5.74) is 1.28. The van der Waals surface area contributed by atoms with Gasteiger partial charge in [-0.05, 0) is 31.0 Å². The van der Waals surface area contributed by atoms with Gasteiger partial charge in [0.1, 0.15) is 6.07 Å². The first-order valence-corrected chi connectivity index (χ1v) is 6.17. The lowest BCUT2D eigenvalue weighted by Gasteiger charge is -2.26. The number of benzene rings is 1. The summed E-state index contributed by atoms with van der Waals surface area (Å²) in [6.45, 7) is 0.786. The largest absolute Gasteiger partial charge is 0.481 e. The third-order valence-corrected chi connectivity index (χ3v) is 3.41. The Morgan fingerprint density at radius 1 is 1.61 bits per heavy atom. The number of aliphatic carboxylic acids is 1. The summed E-state index contributed by atoms with van der Waals surface area (Å²) in [5, 5.41) is 18.5. The highest BCUT2D eigenvalue weighted by Crippen LogP contribution is 2.31. The van der Waals surface area contributed by atoms with E-state index in [9.17, 15) is 4.79 Å². The highest BCUT2D eigenvalue weighted by atomic mass is 35.5. The minimum absolute atomic E-state index is 0.0317. The van der Waals surface area contributed by atoms with Crippen LogP contribution < -0.4 is 4.90 Å². The summed E-state index contributed by atoms with van der Waals surface area (Å²) in [4.78, 5) is 12.8. The topological polar surface area (TPSA) is 64.3 Å². The molecule has 5 heteroatoms. The van der Waals surface area contributed by atoms with Crippen LogP contribution in [0.25, 0.3) is 0 Å². The number of anilines is 1. The van der Waals surface area contributed by atoms with Crippen LogP contribution in [0.5, 0.6) is 0 Å². The first-order chi connectivity index (χ1) is 8.61. The van der Waals surface area contributed by atoms with E-state index in [2.05, 4.69) is 6.07 Å². The molecule has 1 atom stereocenters. The molecule has 4 nitrogen and oxygen atoms in total. The zero-order chi connectivity index (χ0) is 13.1. The highest BCUT2D eigenvalue weighted by Gasteiger charge is 2.28. The number of carboxylic acids is 1. The molecule has 0 aromatic heterocycles. The summed E-state index contributed by atoms with van der Waals surface area (Å²) >= 11 is 5.86. The van der Waals surface area contributed by atoms with Gasteiger partial charge in [0.15, 0.2) is 0 Å². The van der Waals surface area contributed by atoms with E-state index in [0.29, 0.717) is 10.6 Å². The monoisotopic (exact) mass is 264 g/mol. The van der Waals surface area contributed by atoms with E-state index in [-0.39, 0.29) is 12.5 Å². The van der Waals surface area contributed by atoms with Crippen LogP contribution in [-0.4, -0.2) is 23.7 Å². The molecule has 2 rings (SSSR count). The van der Waals surface area contributed by atoms with Gasteiger partial charge in [-0.15, -0.1) is 0 Å². The number of nitrogens with zero attached hydrogens (tertiary/aromatic N) is 2. The van der Waals surface area contributed by atoms with Crippen molar-refractivity contribution in [3.8, 4) is 6.07 Å². The average Bonchev–Trinajstić information content (AvgIpc) is 2.76. The van der Waals surface area contributed by atoms with Gasteiger partial charge in [-0.1, -0.05) is 11.6 Å². The second-order valence-corrected chi connectivity index (χ2v) is 4.80. The van der Waals surface area contributed by atoms with Crippen molar-refractivity contribution in [2.24, 2.45) is 0 Å². The number of hydrogen-bond acceptors (Lipinski definition) is 3. The second-order valence-electron chi connectivity index (χ2n) is 4.36. The van der Waals surface area contributed by atoms with E-state index in [1.165, 1.54) is 0 Å². The van der Waals surface area contributed by atoms with Crippen LogP contribution in [0, 0.1) is 11.3 Å². The van der Waals surface area contributed by atoms with Gasteiger partial charge in [0.25, 0.3) is 0 Å². The molecule has 1 fully saturated rings. The third kappa shape index (κ3) is 2.57. The van der Waals surface area contributed by atoms with Crippen LogP contribution in [-0.2, 0) is 4.79 Å². The maximum absolute atomic E-state index is 10.8. The number of carboxylic acid groups (broad SMARTS) is 1. The quantitative estimate of drug-likeness (QED) is 0.912. The molecular formula is C13H13ClN2O2. The fourth-order valence-electron chi connectivity index (χ4n) is 2.41. The van der Waals surface area contributed by atoms with Crippen LogP contribution in [0.4, 0.5) is 5.69 Å².